The van der Waals surface area contributed by atoms with E-state index in [0.717, 1.165) is 37.6 Å². The van der Waals surface area contributed by atoms with Crippen LogP contribution in [0.4, 0.5) is 23.1 Å². The fraction of sp³-hybridized carbons (Fsp3) is 0.273. The molecule has 0 atom stereocenters. The third kappa shape index (κ3) is 5.45. The average molecular weight is 361 g/mol. The molecule has 0 aliphatic heterocycles. The molecule has 0 radical (unpaired) electrons. The van der Waals surface area contributed by atoms with Crippen molar-refractivity contribution in [1.82, 2.24) is 9.97 Å². The Kier molecular flexibility index (Phi) is 6.63. The van der Waals surface area contributed by atoms with Crippen molar-refractivity contribution in [2.24, 2.45) is 0 Å². The van der Waals surface area contributed by atoms with Crippen LogP contribution in [0.2, 0.25) is 0 Å². The van der Waals surface area contributed by atoms with Crippen molar-refractivity contribution in [1.29, 1.82) is 0 Å². The van der Waals surface area contributed by atoms with Crippen LogP contribution in [-0.2, 0) is 6.42 Å². The Morgan fingerprint density at radius 1 is 0.889 bits per heavy atom. The van der Waals surface area contributed by atoms with E-state index in [9.17, 15) is 0 Å². The Morgan fingerprint density at radius 2 is 1.63 bits per heavy atom. The predicted molar refractivity (Wildman–Crippen MR) is 114 cm³/mol. The average Bonchev–Trinajstić information content (AvgIpc) is 2.71. The minimum absolute atomic E-state index is 0.635. The monoisotopic (exact) mass is 361 g/mol. The lowest BCUT2D eigenvalue weighted by molar-refractivity contribution is 0.866. The first-order valence-electron chi connectivity index (χ1n) is 9.51. The summed E-state index contributed by atoms with van der Waals surface area (Å²) < 4.78 is 0. The Hall–Kier alpha value is -3.08. The molecule has 0 fully saturated rings. The van der Waals surface area contributed by atoms with Crippen LogP contribution in [0, 0.1) is 0 Å². The fourth-order valence-electron chi connectivity index (χ4n) is 2.97. The molecule has 3 aromatic rings. The van der Waals surface area contributed by atoms with Crippen LogP contribution in [0.15, 0.2) is 66.9 Å². The molecular weight excluding hydrogens is 334 g/mol. The van der Waals surface area contributed by atoms with E-state index in [-0.39, 0.29) is 0 Å². The molecule has 5 nitrogen and oxygen atoms in total. The molecule has 27 heavy (non-hydrogen) atoms. The van der Waals surface area contributed by atoms with Gasteiger partial charge in [-0.2, -0.15) is 4.98 Å². The van der Waals surface area contributed by atoms with Gasteiger partial charge in [0.15, 0.2) is 0 Å². The van der Waals surface area contributed by atoms with Gasteiger partial charge in [-0.05, 0) is 56.2 Å². The highest BCUT2D eigenvalue weighted by molar-refractivity contribution is 5.61. The smallest absolute Gasteiger partial charge is 0.224 e. The molecule has 0 saturated heterocycles. The summed E-state index contributed by atoms with van der Waals surface area (Å²) in [6.07, 6.45) is 2.71. The lowest BCUT2D eigenvalue weighted by atomic mass is 10.1. The summed E-state index contributed by atoms with van der Waals surface area (Å²) in [5, 5.41) is 6.63. The SMILES string of the molecule is CCN(CC)c1ccc(Nc2ccnc(NCCc3ccccc3)n2)cc1. The second-order valence-electron chi connectivity index (χ2n) is 6.27. The first-order chi connectivity index (χ1) is 13.3. The van der Waals surface area contributed by atoms with Gasteiger partial charge in [0, 0.05) is 37.2 Å². The summed E-state index contributed by atoms with van der Waals surface area (Å²) in [6.45, 7) is 7.15. The van der Waals surface area contributed by atoms with E-state index in [1.165, 1.54) is 11.3 Å². The minimum Gasteiger partial charge on any atom is -0.372 e. The molecule has 3 rings (SSSR count). The van der Waals surface area contributed by atoms with E-state index in [4.69, 9.17) is 0 Å². The van der Waals surface area contributed by atoms with Gasteiger partial charge >= 0.3 is 0 Å². The van der Waals surface area contributed by atoms with Gasteiger partial charge in [0.2, 0.25) is 5.95 Å². The van der Waals surface area contributed by atoms with E-state index >= 15 is 0 Å². The summed E-state index contributed by atoms with van der Waals surface area (Å²) in [6, 6.07) is 20.7. The van der Waals surface area contributed by atoms with Crippen LogP contribution in [0.25, 0.3) is 0 Å². The zero-order valence-electron chi connectivity index (χ0n) is 16.0. The molecule has 2 N–H and O–H groups in total. The molecule has 140 valence electrons. The minimum atomic E-state index is 0.635. The number of hydrogen-bond donors (Lipinski definition) is 2. The van der Waals surface area contributed by atoms with Gasteiger partial charge in [0.25, 0.3) is 0 Å². The number of rotatable bonds is 9. The number of anilines is 4. The summed E-state index contributed by atoms with van der Waals surface area (Å²) >= 11 is 0. The first kappa shape index (κ1) is 18.7. The van der Waals surface area contributed by atoms with Gasteiger partial charge in [0.1, 0.15) is 5.82 Å². The van der Waals surface area contributed by atoms with Crippen molar-refractivity contribution >= 4 is 23.1 Å². The lowest BCUT2D eigenvalue weighted by Crippen LogP contribution is -2.21. The largest absolute Gasteiger partial charge is 0.372 e. The fourth-order valence-corrected chi connectivity index (χ4v) is 2.97. The molecule has 1 heterocycles. The molecule has 0 spiro atoms. The number of benzene rings is 2. The highest BCUT2D eigenvalue weighted by atomic mass is 15.1. The van der Waals surface area contributed by atoms with Crippen molar-refractivity contribution < 1.29 is 0 Å². The van der Waals surface area contributed by atoms with E-state index in [2.05, 4.69) is 87.9 Å². The summed E-state index contributed by atoms with van der Waals surface area (Å²) in [5.41, 5.74) is 3.55. The zero-order chi connectivity index (χ0) is 18.9. The highest BCUT2D eigenvalue weighted by Gasteiger charge is 2.03. The Balaban J connectivity index is 1.57. The summed E-state index contributed by atoms with van der Waals surface area (Å²) in [5.74, 6) is 1.42. The van der Waals surface area contributed by atoms with Crippen LogP contribution in [0.1, 0.15) is 19.4 Å². The van der Waals surface area contributed by atoms with E-state index < -0.39 is 0 Å². The van der Waals surface area contributed by atoms with E-state index in [1.807, 2.05) is 12.1 Å². The third-order valence-corrected chi connectivity index (χ3v) is 4.46. The Bertz CT molecular complexity index is 814. The third-order valence-electron chi connectivity index (χ3n) is 4.46. The maximum Gasteiger partial charge on any atom is 0.224 e. The number of nitrogens with one attached hydrogen (secondary N) is 2. The Morgan fingerprint density at radius 3 is 2.33 bits per heavy atom. The van der Waals surface area contributed by atoms with Crippen molar-refractivity contribution in [2.45, 2.75) is 20.3 Å². The van der Waals surface area contributed by atoms with Crippen molar-refractivity contribution in [2.75, 3.05) is 35.2 Å². The van der Waals surface area contributed by atoms with Crippen LogP contribution >= 0.6 is 0 Å². The van der Waals surface area contributed by atoms with E-state index in [1.54, 1.807) is 6.20 Å². The number of nitrogens with zero attached hydrogens (tertiary/aromatic N) is 3. The number of hydrogen-bond acceptors (Lipinski definition) is 5. The second kappa shape index (κ2) is 9.57. The van der Waals surface area contributed by atoms with Gasteiger partial charge in [-0.3, -0.25) is 0 Å². The second-order valence-corrected chi connectivity index (χ2v) is 6.27. The maximum atomic E-state index is 4.55. The zero-order valence-corrected chi connectivity index (χ0v) is 16.0. The topological polar surface area (TPSA) is 53.1 Å². The molecular formula is C22H27N5. The van der Waals surface area contributed by atoms with Gasteiger partial charge < -0.3 is 15.5 Å². The normalized spacial score (nSPS) is 10.4. The van der Waals surface area contributed by atoms with Crippen LogP contribution < -0.4 is 15.5 Å². The summed E-state index contributed by atoms with van der Waals surface area (Å²) in [4.78, 5) is 11.2. The van der Waals surface area contributed by atoms with Crippen LogP contribution in [0.5, 0.6) is 0 Å². The van der Waals surface area contributed by atoms with Crippen molar-refractivity contribution in [3.8, 4) is 0 Å². The highest BCUT2D eigenvalue weighted by Crippen LogP contribution is 2.20. The molecule has 5 heteroatoms. The van der Waals surface area contributed by atoms with Gasteiger partial charge in [-0.15, -0.1) is 0 Å². The van der Waals surface area contributed by atoms with Gasteiger partial charge in [0.05, 0.1) is 0 Å². The van der Waals surface area contributed by atoms with Gasteiger partial charge in [-0.1, -0.05) is 30.3 Å². The van der Waals surface area contributed by atoms with Crippen LogP contribution in [0.3, 0.4) is 0 Å². The van der Waals surface area contributed by atoms with E-state index in [0.29, 0.717) is 5.95 Å². The maximum absolute atomic E-state index is 4.55. The molecule has 0 bridgehead atoms. The molecule has 2 aromatic carbocycles. The molecule has 1 aromatic heterocycles. The van der Waals surface area contributed by atoms with Crippen molar-refractivity contribution in [3.63, 3.8) is 0 Å². The first-order valence-corrected chi connectivity index (χ1v) is 9.51. The molecule has 0 amide bonds. The summed E-state index contributed by atoms with van der Waals surface area (Å²) in [7, 11) is 0. The Labute approximate surface area is 161 Å². The molecule has 0 unspecified atom stereocenters. The molecule has 0 aliphatic carbocycles. The van der Waals surface area contributed by atoms with Crippen LogP contribution in [-0.4, -0.2) is 29.6 Å². The van der Waals surface area contributed by atoms with Crippen molar-refractivity contribution in [3.05, 3.63) is 72.4 Å². The molecule has 0 aliphatic rings. The quantitative estimate of drug-likeness (QED) is 0.577. The standard InChI is InChI=1S/C22H27N5/c1-3-27(4-2)20-12-10-19(11-13-20)25-21-15-17-24-22(26-21)23-16-14-18-8-6-5-7-9-18/h5-13,15,17H,3-4,14,16H2,1-2H3,(H2,23,24,25,26). The predicted octanol–water partition coefficient (Wildman–Crippen LogP) is 4.72. The lowest BCUT2D eigenvalue weighted by Gasteiger charge is -2.21. The molecule has 0 saturated carbocycles. The number of aromatic nitrogens is 2. The van der Waals surface area contributed by atoms with Gasteiger partial charge in [-0.25, -0.2) is 4.98 Å².